The fourth-order valence-corrected chi connectivity index (χ4v) is 3.80. The third-order valence-electron chi connectivity index (χ3n) is 4.39. The highest BCUT2D eigenvalue weighted by Gasteiger charge is 2.33. The molecule has 3 heterocycles. The number of thiazole rings is 1. The highest BCUT2D eigenvalue weighted by atomic mass is 32.1. The molecule has 2 aromatic heterocycles. The van der Waals surface area contributed by atoms with Crippen molar-refractivity contribution in [1.29, 1.82) is 0 Å². The van der Waals surface area contributed by atoms with Crippen LogP contribution in [0.2, 0.25) is 0 Å². The number of benzene rings is 1. The van der Waals surface area contributed by atoms with Crippen molar-refractivity contribution in [2.24, 2.45) is 0 Å². The van der Waals surface area contributed by atoms with Crippen molar-refractivity contribution in [2.45, 2.75) is 25.9 Å². The van der Waals surface area contributed by atoms with Crippen LogP contribution >= 0.6 is 11.3 Å². The first-order chi connectivity index (χ1) is 13.2. The maximum atomic E-state index is 13.0. The number of rotatable bonds is 5. The highest BCUT2D eigenvalue weighted by Crippen LogP contribution is 2.33. The molecule has 0 spiro atoms. The Morgan fingerprint density at radius 1 is 1.37 bits per heavy atom. The van der Waals surface area contributed by atoms with Crippen LogP contribution in [0.25, 0.3) is 4.96 Å². The van der Waals surface area contributed by atoms with E-state index in [1.54, 1.807) is 11.0 Å². The van der Waals surface area contributed by atoms with Crippen LogP contribution in [0, 0.1) is 0 Å². The number of imidazole rings is 1. The van der Waals surface area contributed by atoms with Crippen molar-refractivity contribution in [2.75, 3.05) is 18.0 Å². The lowest BCUT2D eigenvalue weighted by atomic mass is 10.1. The molecule has 0 aliphatic carbocycles. The number of carbonyl (C=O) groups is 2. The van der Waals surface area contributed by atoms with E-state index in [1.165, 1.54) is 11.3 Å². The molecule has 140 valence electrons. The molecule has 1 aliphatic rings. The summed E-state index contributed by atoms with van der Waals surface area (Å²) in [5.74, 6) is 0.232. The van der Waals surface area contributed by atoms with Crippen LogP contribution < -0.4 is 15.0 Å². The molecule has 3 aromatic rings. The van der Waals surface area contributed by atoms with Gasteiger partial charge in [-0.25, -0.2) is 4.98 Å². The third-order valence-corrected chi connectivity index (χ3v) is 5.16. The van der Waals surface area contributed by atoms with Gasteiger partial charge in [0.25, 0.3) is 5.91 Å². The molecule has 1 N–H and O–H groups in total. The summed E-state index contributed by atoms with van der Waals surface area (Å²) >= 11 is 1.53. The summed E-state index contributed by atoms with van der Waals surface area (Å²) in [6, 6.07) is 7.30. The number of anilines is 1. The van der Waals surface area contributed by atoms with Crippen LogP contribution in [0.15, 0.2) is 42.0 Å². The number of amides is 2. The van der Waals surface area contributed by atoms with E-state index in [1.807, 2.05) is 47.3 Å². The van der Waals surface area contributed by atoms with Crippen molar-refractivity contribution >= 4 is 33.8 Å². The van der Waals surface area contributed by atoms with Gasteiger partial charge in [-0.3, -0.25) is 14.0 Å². The maximum absolute atomic E-state index is 13.0. The first-order valence-corrected chi connectivity index (χ1v) is 9.78. The predicted molar refractivity (Wildman–Crippen MR) is 103 cm³/mol. The Labute approximate surface area is 160 Å². The van der Waals surface area contributed by atoms with Gasteiger partial charge in [0.1, 0.15) is 5.75 Å². The van der Waals surface area contributed by atoms with Gasteiger partial charge >= 0.3 is 0 Å². The molecule has 4 rings (SSSR count). The number of para-hydroxylation sites is 2. The van der Waals surface area contributed by atoms with Crippen molar-refractivity contribution < 1.29 is 14.3 Å². The molecule has 0 saturated carbocycles. The van der Waals surface area contributed by atoms with Gasteiger partial charge in [-0.1, -0.05) is 19.1 Å². The Kier molecular flexibility index (Phi) is 4.81. The summed E-state index contributed by atoms with van der Waals surface area (Å²) in [6.07, 6.45) is 4.07. The number of nitrogens with one attached hydrogen (secondary N) is 1. The Morgan fingerprint density at radius 2 is 2.22 bits per heavy atom. The predicted octanol–water partition coefficient (Wildman–Crippen LogP) is 2.26. The summed E-state index contributed by atoms with van der Waals surface area (Å²) in [5.41, 5.74) is 1.39. The number of ether oxygens (including phenoxy) is 1. The average Bonchev–Trinajstić information content (AvgIpc) is 3.26. The summed E-state index contributed by atoms with van der Waals surface area (Å²) < 4.78 is 7.74. The molecule has 0 fully saturated rings. The first kappa shape index (κ1) is 17.5. The van der Waals surface area contributed by atoms with Crippen molar-refractivity contribution in [1.82, 2.24) is 14.7 Å². The van der Waals surface area contributed by atoms with E-state index in [4.69, 9.17) is 4.74 Å². The minimum atomic E-state index is -0.721. The molecule has 0 bridgehead atoms. The fourth-order valence-electron chi connectivity index (χ4n) is 3.08. The van der Waals surface area contributed by atoms with Gasteiger partial charge in [-0.2, -0.15) is 0 Å². The molecule has 1 aromatic carbocycles. The molecule has 2 amide bonds. The van der Waals surface area contributed by atoms with E-state index < -0.39 is 6.10 Å². The average molecular weight is 384 g/mol. The fraction of sp³-hybridized carbons (Fsp3) is 0.316. The van der Waals surface area contributed by atoms with Crippen LogP contribution in [0.3, 0.4) is 0 Å². The van der Waals surface area contributed by atoms with Crippen molar-refractivity contribution in [3.05, 3.63) is 47.7 Å². The minimum Gasteiger partial charge on any atom is -0.477 e. The minimum absolute atomic E-state index is 0.107. The second-order valence-corrected chi connectivity index (χ2v) is 7.24. The Morgan fingerprint density at radius 3 is 3.04 bits per heavy atom. The lowest BCUT2D eigenvalue weighted by Gasteiger charge is -2.34. The van der Waals surface area contributed by atoms with Crippen LogP contribution in [-0.4, -0.2) is 40.4 Å². The number of aromatic nitrogens is 2. The number of hydrogen-bond donors (Lipinski definition) is 1. The normalized spacial score (nSPS) is 16.0. The second-order valence-electron chi connectivity index (χ2n) is 6.37. The summed E-state index contributed by atoms with van der Waals surface area (Å²) in [7, 11) is 0. The number of fused-ring (bicyclic) bond motifs is 2. The Bertz CT molecular complexity index is 952. The zero-order valence-corrected chi connectivity index (χ0v) is 15.7. The van der Waals surface area contributed by atoms with E-state index in [2.05, 4.69) is 10.3 Å². The summed E-state index contributed by atoms with van der Waals surface area (Å²) in [4.78, 5) is 32.4. The molecule has 0 radical (unpaired) electrons. The van der Waals surface area contributed by atoms with E-state index in [9.17, 15) is 9.59 Å². The number of hydrogen-bond acceptors (Lipinski definition) is 5. The molecule has 0 unspecified atom stereocenters. The summed E-state index contributed by atoms with van der Waals surface area (Å²) in [5, 5.41) is 4.79. The number of carbonyl (C=O) groups excluding carboxylic acids is 2. The van der Waals surface area contributed by atoms with Gasteiger partial charge in [0.2, 0.25) is 5.91 Å². The number of nitrogens with zero attached hydrogens (tertiary/aromatic N) is 3. The van der Waals surface area contributed by atoms with Gasteiger partial charge < -0.3 is 15.0 Å². The van der Waals surface area contributed by atoms with E-state index >= 15 is 0 Å². The molecule has 1 atom stereocenters. The van der Waals surface area contributed by atoms with Crippen LogP contribution in [0.5, 0.6) is 5.75 Å². The largest absolute Gasteiger partial charge is 0.477 e. The molecule has 0 saturated heterocycles. The SMILES string of the molecule is CCCNC(=O)[C@H]1CN(C(=O)Cc2cn3ccsc3n2)c2ccccc2O1. The molecule has 7 nitrogen and oxygen atoms in total. The zero-order valence-electron chi connectivity index (χ0n) is 14.9. The van der Waals surface area contributed by atoms with Gasteiger partial charge in [0, 0.05) is 24.3 Å². The summed E-state index contributed by atoms with van der Waals surface area (Å²) in [6.45, 7) is 2.76. The highest BCUT2D eigenvalue weighted by molar-refractivity contribution is 7.15. The van der Waals surface area contributed by atoms with E-state index in [0.717, 1.165) is 11.4 Å². The monoisotopic (exact) mass is 384 g/mol. The quantitative estimate of drug-likeness (QED) is 0.732. The zero-order chi connectivity index (χ0) is 18.8. The molecular formula is C19H20N4O3S. The molecule has 27 heavy (non-hydrogen) atoms. The van der Waals surface area contributed by atoms with Crippen molar-refractivity contribution in [3.8, 4) is 5.75 Å². The second kappa shape index (κ2) is 7.40. The standard InChI is InChI=1S/C19H20N4O3S/c1-2-7-20-18(25)16-12-23(14-5-3-4-6-15(14)26-16)17(24)10-13-11-22-8-9-27-19(22)21-13/h3-6,8-9,11,16H,2,7,10,12H2,1H3,(H,20,25)/t16-/m1/s1. The first-order valence-electron chi connectivity index (χ1n) is 8.90. The van der Waals surface area contributed by atoms with Gasteiger partial charge in [-0.15, -0.1) is 11.3 Å². The van der Waals surface area contributed by atoms with Gasteiger partial charge in [0.15, 0.2) is 11.1 Å². The lowest BCUT2D eigenvalue weighted by Crippen LogP contribution is -2.51. The Hall–Kier alpha value is -2.87. The molecule has 8 heteroatoms. The van der Waals surface area contributed by atoms with Crippen molar-refractivity contribution in [3.63, 3.8) is 0 Å². The third kappa shape index (κ3) is 3.52. The molecular weight excluding hydrogens is 364 g/mol. The van der Waals surface area contributed by atoms with Gasteiger partial charge in [-0.05, 0) is 18.6 Å². The van der Waals surface area contributed by atoms with Crippen LogP contribution in [0.1, 0.15) is 19.0 Å². The molecule has 1 aliphatic heterocycles. The van der Waals surface area contributed by atoms with Crippen LogP contribution in [0.4, 0.5) is 5.69 Å². The van der Waals surface area contributed by atoms with E-state index in [-0.39, 0.29) is 24.8 Å². The topological polar surface area (TPSA) is 75.9 Å². The maximum Gasteiger partial charge on any atom is 0.262 e. The lowest BCUT2D eigenvalue weighted by molar-refractivity contribution is -0.128. The Balaban J connectivity index is 1.56. The van der Waals surface area contributed by atoms with E-state index in [0.29, 0.717) is 23.7 Å². The smallest absolute Gasteiger partial charge is 0.262 e. The van der Waals surface area contributed by atoms with Gasteiger partial charge in [0.05, 0.1) is 24.3 Å². The van der Waals surface area contributed by atoms with Crippen LogP contribution in [-0.2, 0) is 16.0 Å².